The van der Waals surface area contributed by atoms with E-state index in [1.807, 2.05) is 17.1 Å². The Labute approximate surface area is 73.9 Å². The average molecular weight is 216 g/mol. The van der Waals surface area contributed by atoms with Crippen LogP contribution < -0.4 is 5.32 Å². The van der Waals surface area contributed by atoms with Crippen LogP contribution in [0.2, 0.25) is 0 Å². The SMILES string of the molecule is Brc1cnn(C2CCNC2)c1. The molecule has 0 saturated carbocycles. The van der Waals surface area contributed by atoms with E-state index in [1.165, 1.54) is 6.42 Å². The molecule has 4 heteroatoms. The van der Waals surface area contributed by atoms with Crippen LogP contribution in [0.3, 0.4) is 0 Å². The zero-order valence-corrected chi connectivity index (χ0v) is 7.71. The molecule has 0 bridgehead atoms. The highest BCUT2D eigenvalue weighted by molar-refractivity contribution is 9.10. The third-order valence-corrected chi connectivity index (χ3v) is 2.39. The van der Waals surface area contributed by atoms with E-state index < -0.39 is 0 Å². The highest BCUT2D eigenvalue weighted by atomic mass is 79.9. The van der Waals surface area contributed by atoms with Gasteiger partial charge >= 0.3 is 0 Å². The first-order valence-corrected chi connectivity index (χ1v) is 4.56. The number of rotatable bonds is 1. The molecule has 1 unspecified atom stereocenters. The molecule has 1 fully saturated rings. The summed E-state index contributed by atoms with van der Waals surface area (Å²) in [6.07, 6.45) is 5.05. The summed E-state index contributed by atoms with van der Waals surface area (Å²) < 4.78 is 3.08. The lowest BCUT2D eigenvalue weighted by Crippen LogP contribution is -2.13. The van der Waals surface area contributed by atoms with Gasteiger partial charge in [0.15, 0.2) is 0 Å². The van der Waals surface area contributed by atoms with Crippen molar-refractivity contribution in [2.24, 2.45) is 0 Å². The number of nitrogens with one attached hydrogen (secondary N) is 1. The Morgan fingerprint density at radius 3 is 3.18 bits per heavy atom. The first-order chi connectivity index (χ1) is 5.36. The van der Waals surface area contributed by atoms with Crippen LogP contribution in [0.5, 0.6) is 0 Å². The largest absolute Gasteiger partial charge is 0.315 e. The van der Waals surface area contributed by atoms with Gasteiger partial charge in [0.2, 0.25) is 0 Å². The highest BCUT2D eigenvalue weighted by Crippen LogP contribution is 2.16. The van der Waals surface area contributed by atoms with Crippen LogP contribution in [0.25, 0.3) is 0 Å². The molecule has 1 saturated heterocycles. The number of hydrogen-bond donors (Lipinski definition) is 1. The molecule has 1 aromatic heterocycles. The van der Waals surface area contributed by atoms with Gasteiger partial charge in [0, 0.05) is 12.7 Å². The number of aromatic nitrogens is 2. The van der Waals surface area contributed by atoms with Crippen LogP contribution >= 0.6 is 15.9 Å². The van der Waals surface area contributed by atoms with Crippen LogP contribution in [-0.2, 0) is 0 Å². The van der Waals surface area contributed by atoms with Crippen LogP contribution in [0.4, 0.5) is 0 Å². The van der Waals surface area contributed by atoms with Gasteiger partial charge < -0.3 is 5.32 Å². The van der Waals surface area contributed by atoms with Gasteiger partial charge in [-0.1, -0.05) is 0 Å². The molecular weight excluding hydrogens is 206 g/mol. The van der Waals surface area contributed by atoms with Crippen LogP contribution in [0.1, 0.15) is 12.5 Å². The van der Waals surface area contributed by atoms with Crippen molar-refractivity contribution in [3.63, 3.8) is 0 Å². The molecule has 0 radical (unpaired) electrons. The predicted octanol–water partition coefficient (Wildman–Crippen LogP) is 1.18. The van der Waals surface area contributed by atoms with Gasteiger partial charge in [-0.2, -0.15) is 5.10 Å². The standard InChI is InChI=1S/C7H10BrN3/c8-6-3-10-11(5-6)7-1-2-9-4-7/h3,5,7,9H,1-2,4H2. The molecule has 3 nitrogen and oxygen atoms in total. The van der Waals surface area contributed by atoms with Crippen LogP contribution in [0, 0.1) is 0 Å². The lowest BCUT2D eigenvalue weighted by Gasteiger charge is -2.07. The molecule has 0 aliphatic carbocycles. The Bertz CT molecular complexity index is 240. The number of halogens is 1. The van der Waals surface area contributed by atoms with Crippen molar-refractivity contribution in [1.82, 2.24) is 15.1 Å². The van der Waals surface area contributed by atoms with E-state index in [9.17, 15) is 0 Å². The van der Waals surface area contributed by atoms with Crippen molar-refractivity contribution < 1.29 is 0 Å². The fourth-order valence-electron chi connectivity index (χ4n) is 1.38. The van der Waals surface area contributed by atoms with Gasteiger partial charge in [-0.05, 0) is 28.9 Å². The van der Waals surface area contributed by atoms with Gasteiger partial charge in [-0.25, -0.2) is 0 Å². The predicted molar refractivity (Wildman–Crippen MR) is 46.5 cm³/mol. The fourth-order valence-corrected chi connectivity index (χ4v) is 1.68. The van der Waals surface area contributed by atoms with Crippen molar-refractivity contribution in [3.05, 3.63) is 16.9 Å². The first kappa shape index (κ1) is 7.31. The molecule has 0 aromatic carbocycles. The average Bonchev–Trinajstić information content (AvgIpc) is 2.55. The Morgan fingerprint density at radius 2 is 2.64 bits per heavy atom. The minimum Gasteiger partial charge on any atom is -0.315 e. The molecule has 0 amide bonds. The second kappa shape index (κ2) is 2.95. The zero-order chi connectivity index (χ0) is 7.68. The third-order valence-electron chi connectivity index (χ3n) is 1.98. The molecule has 2 heterocycles. The summed E-state index contributed by atoms with van der Waals surface area (Å²) in [6.45, 7) is 2.16. The first-order valence-electron chi connectivity index (χ1n) is 3.76. The molecule has 1 atom stereocenters. The van der Waals surface area contributed by atoms with E-state index in [4.69, 9.17) is 0 Å². The quantitative estimate of drug-likeness (QED) is 0.763. The van der Waals surface area contributed by atoms with Crippen molar-refractivity contribution in [3.8, 4) is 0 Å². The van der Waals surface area contributed by atoms with E-state index in [-0.39, 0.29) is 0 Å². The third kappa shape index (κ3) is 1.46. The molecule has 11 heavy (non-hydrogen) atoms. The second-order valence-electron chi connectivity index (χ2n) is 2.79. The Kier molecular flexibility index (Phi) is 1.96. The maximum absolute atomic E-state index is 4.23. The fraction of sp³-hybridized carbons (Fsp3) is 0.571. The van der Waals surface area contributed by atoms with E-state index >= 15 is 0 Å². The topological polar surface area (TPSA) is 29.9 Å². The molecule has 1 aliphatic heterocycles. The molecule has 60 valence electrons. The summed E-state index contributed by atoms with van der Waals surface area (Å²) in [5.74, 6) is 0. The molecule has 1 N–H and O–H groups in total. The van der Waals surface area contributed by atoms with Gasteiger partial charge in [0.25, 0.3) is 0 Å². The van der Waals surface area contributed by atoms with E-state index in [1.54, 1.807) is 0 Å². The van der Waals surface area contributed by atoms with Gasteiger partial charge in [-0.3, -0.25) is 4.68 Å². The summed E-state index contributed by atoms with van der Waals surface area (Å²) in [4.78, 5) is 0. The van der Waals surface area contributed by atoms with Gasteiger partial charge in [0.05, 0.1) is 16.7 Å². The van der Waals surface area contributed by atoms with E-state index in [0.29, 0.717) is 6.04 Å². The van der Waals surface area contributed by atoms with Crippen LogP contribution in [0.15, 0.2) is 16.9 Å². The maximum atomic E-state index is 4.23. The number of nitrogens with zero attached hydrogens (tertiary/aromatic N) is 2. The van der Waals surface area contributed by atoms with Crippen LogP contribution in [-0.4, -0.2) is 22.9 Å². The summed E-state index contributed by atoms with van der Waals surface area (Å²) in [7, 11) is 0. The number of hydrogen-bond acceptors (Lipinski definition) is 2. The lowest BCUT2D eigenvalue weighted by atomic mass is 10.3. The van der Waals surface area contributed by atoms with Crippen molar-refractivity contribution in [1.29, 1.82) is 0 Å². The second-order valence-corrected chi connectivity index (χ2v) is 3.70. The zero-order valence-electron chi connectivity index (χ0n) is 6.13. The van der Waals surface area contributed by atoms with Gasteiger partial charge in [-0.15, -0.1) is 0 Å². The molecule has 0 spiro atoms. The summed E-state index contributed by atoms with van der Waals surface area (Å²) in [5, 5.41) is 7.53. The van der Waals surface area contributed by atoms with E-state index in [0.717, 1.165) is 17.6 Å². The summed E-state index contributed by atoms with van der Waals surface area (Å²) in [5.41, 5.74) is 0. The smallest absolute Gasteiger partial charge is 0.0656 e. The molecular formula is C7H10BrN3. The highest BCUT2D eigenvalue weighted by Gasteiger charge is 2.16. The maximum Gasteiger partial charge on any atom is 0.0656 e. The Morgan fingerprint density at radius 1 is 1.73 bits per heavy atom. The monoisotopic (exact) mass is 215 g/mol. The van der Waals surface area contributed by atoms with Crippen molar-refractivity contribution in [2.45, 2.75) is 12.5 Å². The van der Waals surface area contributed by atoms with Crippen molar-refractivity contribution >= 4 is 15.9 Å². The lowest BCUT2D eigenvalue weighted by molar-refractivity contribution is 0.490. The summed E-state index contributed by atoms with van der Waals surface area (Å²) >= 11 is 3.38. The minimum atomic E-state index is 0.557. The minimum absolute atomic E-state index is 0.557. The molecule has 1 aromatic rings. The molecule has 2 rings (SSSR count). The Balaban J connectivity index is 2.15. The summed E-state index contributed by atoms with van der Waals surface area (Å²) in [6, 6.07) is 0.557. The normalized spacial score (nSPS) is 24.3. The molecule has 1 aliphatic rings. The Hall–Kier alpha value is -0.350. The van der Waals surface area contributed by atoms with Gasteiger partial charge in [0.1, 0.15) is 0 Å². The van der Waals surface area contributed by atoms with E-state index in [2.05, 4.69) is 26.3 Å². The van der Waals surface area contributed by atoms with Crippen molar-refractivity contribution in [2.75, 3.05) is 13.1 Å².